The van der Waals surface area contributed by atoms with Crippen molar-refractivity contribution in [3.05, 3.63) is 47.8 Å². The lowest BCUT2D eigenvalue weighted by atomic mass is 9.96. The smallest absolute Gasteiger partial charge is 0.309 e. The first-order chi connectivity index (χ1) is 21.4. The highest BCUT2D eigenvalue weighted by atomic mass is 16.6. The van der Waals surface area contributed by atoms with Gasteiger partial charge in [0.25, 0.3) is 5.91 Å². The number of ether oxygens (including phenoxy) is 2. The van der Waals surface area contributed by atoms with Gasteiger partial charge in [0.2, 0.25) is 11.8 Å². The van der Waals surface area contributed by atoms with Crippen LogP contribution in [0.15, 0.2) is 36.5 Å². The van der Waals surface area contributed by atoms with E-state index in [0.717, 1.165) is 66.8 Å². The van der Waals surface area contributed by atoms with Gasteiger partial charge in [-0.15, -0.1) is 0 Å². The summed E-state index contributed by atoms with van der Waals surface area (Å²) in [6.07, 6.45) is 5.03. The van der Waals surface area contributed by atoms with E-state index in [4.69, 9.17) is 19.4 Å². The minimum absolute atomic E-state index is 0.0844. The maximum absolute atomic E-state index is 13.7. The number of anilines is 2. The summed E-state index contributed by atoms with van der Waals surface area (Å²) in [5, 5.41) is 7.50. The summed E-state index contributed by atoms with van der Waals surface area (Å²) in [5.74, 6) is 1.02. The van der Waals surface area contributed by atoms with E-state index in [-0.39, 0.29) is 17.8 Å². The Balaban J connectivity index is 1.30. The number of carbonyl (C=O) groups is 2. The van der Waals surface area contributed by atoms with Crippen molar-refractivity contribution in [2.75, 3.05) is 29.9 Å². The first-order valence-corrected chi connectivity index (χ1v) is 15.9. The summed E-state index contributed by atoms with van der Waals surface area (Å²) >= 11 is 0. The number of pyridine rings is 1. The van der Waals surface area contributed by atoms with Gasteiger partial charge in [0.05, 0.1) is 41.0 Å². The molecule has 0 unspecified atom stereocenters. The third-order valence-electron chi connectivity index (χ3n) is 8.51. The average molecular weight is 614 g/mol. The van der Waals surface area contributed by atoms with Crippen molar-refractivity contribution in [1.29, 1.82) is 0 Å². The van der Waals surface area contributed by atoms with Crippen LogP contribution >= 0.6 is 0 Å². The highest BCUT2D eigenvalue weighted by Crippen LogP contribution is 2.32. The molecule has 2 aliphatic rings. The van der Waals surface area contributed by atoms with Gasteiger partial charge >= 0.3 is 5.97 Å². The van der Waals surface area contributed by atoms with Crippen LogP contribution in [0.1, 0.15) is 69.4 Å². The highest BCUT2D eigenvalue weighted by molar-refractivity contribution is 6.05. The molecule has 0 spiro atoms. The van der Waals surface area contributed by atoms with Crippen LogP contribution < -0.4 is 15.0 Å². The van der Waals surface area contributed by atoms with Gasteiger partial charge in [-0.05, 0) is 89.6 Å². The zero-order chi connectivity index (χ0) is 31.9. The van der Waals surface area contributed by atoms with Gasteiger partial charge in [0, 0.05) is 43.6 Å². The third-order valence-corrected chi connectivity index (χ3v) is 8.51. The SMILES string of the molecule is Cc1cc2cc(n1)-c1cnn(C)c1OCCC[C@@H](C)Cn1c(nc3ccc(N4CCC(C(=O)OC(C)(C)C)CC4)cc31)NC2=O. The van der Waals surface area contributed by atoms with Crippen LogP contribution in [0.4, 0.5) is 11.6 Å². The van der Waals surface area contributed by atoms with Gasteiger partial charge in [-0.3, -0.25) is 19.9 Å². The van der Waals surface area contributed by atoms with Crippen molar-refractivity contribution < 1.29 is 19.1 Å². The van der Waals surface area contributed by atoms with Crippen LogP contribution in [0.25, 0.3) is 22.3 Å². The number of carbonyl (C=O) groups excluding carboxylic acids is 2. The summed E-state index contributed by atoms with van der Waals surface area (Å²) in [5.41, 5.74) is 4.99. The molecule has 1 fully saturated rings. The molecular formula is C34H43N7O4. The summed E-state index contributed by atoms with van der Waals surface area (Å²) in [6.45, 7) is 12.6. The van der Waals surface area contributed by atoms with E-state index < -0.39 is 5.60 Å². The van der Waals surface area contributed by atoms with Crippen LogP contribution in [0.2, 0.25) is 0 Å². The topological polar surface area (TPSA) is 116 Å². The number of rotatable bonds is 2. The molecular weight excluding hydrogens is 570 g/mol. The Bertz CT molecular complexity index is 1730. The zero-order valence-corrected chi connectivity index (χ0v) is 27.1. The number of piperidine rings is 1. The zero-order valence-electron chi connectivity index (χ0n) is 27.1. The van der Waals surface area contributed by atoms with E-state index in [1.165, 1.54) is 0 Å². The molecule has 0 saturated carbocycles. The number of nitrogens with one attached hydrogen (secondary N) is 1. The largest absolute Gasteiger partial charge is 0.477 e. The second-order valence-electron chi connectivity index (χ2n) is 13.4. The molecule has 1 aromatic carbocycles. The fourth-order valence-electron chi connectivity index (χ4n) is 6.23. The number of nitrogens with zero attached hydrogens (tertiary/aromatic N) is 6. The Kier molecular flexibility index (Phi) is 8.28. The number of aromatic nitrogens is 5. The summed E-state index contributed by atoms with van der Waals surface area (Å²) in [4.78, 5) is 38.3. The van der Waals surface area contributed by atoms with Crippen LogP contribution in [0.5, 0.6) is 5.88 Å². The lowest BCUT2D eigenvalue weighted by molar-refractivity contribution is -0.160. The maximum atomic E-state index is 13.7. The Labute approximate surface area is 263 Å². The molecule has 1 atom stereocenters. The molecule has 11 heteroatoms. The first kappa shape index (κ1) is 30.6. The lowest BCUT2D eigenvalue weighted by Gasteiger charge is -2.34. The molecule has 2 bridgehead atoms. The molecule has 238 valence electrons. The maximum Gasteiger partial charge on any atom is 0.309 e. The predicted octanol–water partition coefficient (Wildman–Crippen LogP) is 5.76. The van der Waals surface area contributed by atoms with Crippen LogP contribution in [-0.4, -0.2) is 61.5 Å². The molecule has 0 aliphatic carbocycles. The molecule has 45 heavy (non-hydrogen) atoms. The third kappa shape index (κ3) is 6.67. The Morgan fingerprint density at radius 3 is 2.62 bits per heavy atom. The van der Waals surface area contributed by atoms with Crippen LogP contribution in [0.3, 0.4) is 0 Å². The lowest BCUT2D eigenvalue weighted by Crippen LogP contribution is -2.38. The van der Waals surface area contributed by atoms with Gasteiger partial charge in [0.1, 0.15) is 5.60 Å². The molecule has 2 aliphatic heterocycles. The van der Waals surface area contributed by atoms with Crippen LogP contribution in [0, 0.1) is 18.8 Å². The van der Waals surface area contributed by atoms with Gasteiger partial charge in [-0.2, -0.15) is 5.10 Å². The number of fused-ring (bicyclic) bond motifs is 7. The molecule has 1 N–H and O–H groups in total. The molecule has 6 rings (SSSR count). The first-order valence-electron chi connectivity index (χ1n) is 15.9. The molecule has 4 aromatic rings. The standard InChI is InChI=1S/C34H43N7O4/c1-21-8-7-15-44-31-26(19-35-39(31)6)28-17-24(16-22(2)36-28)30(42)38-33-37-27-10-9-25(18-29(27)41(33)20-21)40-13-11-23(12-14-40)32(43)45-34(3,4)5/h9-10,16-19,21,23H,7-8,11-15,20H2,1-6H3,(H,37,38,42)/t21-/m1/s1. The summed E-state index contributed by atoms with van der Waals surface area (Å²) < 4.78 is 15.7. The highest BCUT2D eigenvalue weighted by Gasteiger charge is 2.30. The number of imidazole rings is 1. The van der Waals surface area contributed by atoms with E-state index in [0.29, 0.717) is 42.2 Å². The number of hydrogen-bond acceptors (Lipinski definition) is 8. The van der Waals surface area contributed by atoms with Gasteiger partial charge in [-0.1, -0.05) is 6.92 Å². The quantitative estimate of drug-likeness (QED) is 0.284. The fourth-order valence-corrected chi connectivity index (χ4v) is 6.23. The van der Waals surface area contributed by atoms with Gasteiger partial charge < -0.3 is 18.9 Å². The van der Waals surface area contributed by atoms with Crippen molar-refractivity contribution in [1.82, 2.24) is 24.3 Å². The predicted molar refractivity (Wildman–Crippen MR) is 174 cm³/mol. The number of hydrogen-bond donors (Lipinski definition) is 1. The van der Waals surface area contributed by atoms with E-state index in [1.807, 2.05) is 40.8 Å². The summed E-state index contributed by atoms with van der Waals surface area (Å²) in [7, 11) is 1.85. The Morgan fingerprint density at radius 2 is 1.87 bits per heavy atom. The van der Waals surface area contributed by atoms with Crippen molar-refractivity contribution >= 4 is 34.5 Å². The van der Waals surface area contributed by atoms with E-state index in [2.05, 4.69) is 38.9 Å². The van der Waals surface area contributed by atoms with Crippen molar-refractivity contribution in [3.8, 4) is 17.1 Å². The van der Waals surface area contributed by atoms with Crippen molar-refractivity contribution in [2.24, 2.45) is 18.9 Å². The summed E-state index contributed by atoms with van der Waals surface area (Å²) in [6, 6.07) is 9.82. The number of aryl methyl sites for hydroxylation is 2. The molecule has 5 heterocycles. The second kappa shape index (κ2) is 12.2. The molecule has 3 aromatic heterocycles. The van der Waals surface area contributed by atoms with Gasteiger partial charge in [0.15, 0.2) is 0 Å². The van der Waals surface area contributed by atoms with Crippen molar-refractivity contribution in [2.45, 2.75) is 72.4 Å². The minimum atomic E-state index is -0.480. The van der Waals surface area contributed by atoms with Crippen LogP contribution in [-0.2, 0) is 23.1 Å². The molecule has 1 amide bonds. The van der Waals surface area contributed by atoms with Crippen molar-refractivity contribution in [3.63, 3.8) is 0 Å². The molecule has 11 nitrogen and oxygen atoms in total. The molecule has 0 radical (unpaired) electrons. The second-order valence-corrected chi connectivity index (χ2v) is 13.4. The Morgan fingerprint density at radius 1 is 1.09 bits per heavy atom. The van der Waals surface area contributed by atoms with E-state index in [9.17, 15) is 9.59 Å². The number of benzene rings is 1. The Hall–Kier alpha value is -4.41. The fraction of sp³-hybridized carbons (Fsp3) is 0.500. The van der Waals surface area contributed by atoms with E-state index in [1.54, 1.807) is 23.0 Å². The minimum Gasteiger partial charge on any atom is -0.477 e. The molecule has 1 saturated heterocycles. The average Bonchev–Trinajstić information content (AvgIpc) is 3.52. The van der Waals surface area contributed by atoms with E-state index >= 15 is 0 Å². The normalized spacial score (nSPS) is 18.3. The monoisotopic (exact) mass is 613 g/mol. The number of esters is 1. The van der Waals surface area contributed by atoms with Gasteiger partial charge in [-0.25, -0.2) is 9.67 Å². The number of amides is 1.